The number of rotatable bonds is 5. The summed E-state index contributed by atoms with van der Waals surface area (Å²) in [5, 5.41) is 2.86. The van der Waals surface area contributed by atoms with E-state index in [1.54, 1.807) is 53.4 Å². The zero-order chi connectivity index (χ0) is 24.2. The molecule has 0 aliphatic carbocycles. The van der Waals surface area contributed by atoms with E-state index in [9.17, 15) is 14.4 Å². The number of anilines is 2. The van der Waals surface area contributed by atoms with Crippen LogP contribution in [0.4, 0.5) is 11.4 Å². The molecule has 2 amide bonds. The smallest absolute Gasteiger partial charge is 0.258 e. The van der Waals surface area contributed by atoms with Gasteiger partial charge in [0.1, 0.15) is 11.5 Å². The molecule has 0 aromatic heterocycles. The Morgan fingerprint density at radius 3 is 2.50 bits per heavy atom. The summed E-state index contributed by atoms with van der Waals surface area (Å²) in [7, 11) is 3.02. The Kier molecular flexibility index (Phi) is 6.63. The number of benzene rings is 3. The molecule has 3 aromatic carbocycles. The first kappa shape index (κ1) is 23.0. The van der Waals surface area contributed by atoms with Crippen LogP contribution in [0, 0.1) is 6.92 Å². The zero-order valence-electron chi connectivity index (χ0n) is 19.4. The Bertz CT molecular complexity index is 1270. The number of Topliss-reactive ketones (excluding diaryl/α,β-unsaturated/α-hetero) is 1. The minimum Gasteiger partial charge on any atom is -0.497 e. The summed E-state index contributed by atoms with van der Waals surface area (Å²) in [6.07, 6.45) is 0.917. The number of fused-ring (bicyclic) bond motifs is 1. The van der Waals surface area contributed by atoms with Crippen molar-refractivity contribution in [1.82, 2.24) is 0 Å². The molecule has 1 N–H and O–H groups in total. The summed E-state index contributed by atoms with van der Waals surface area (Å²) >= 11 is 0. The minimum absolute atomic E-state index is 0.0175. The quantitative estimate of drug-likeness (QED) is 0.589. The number of carbonyl (C=O) groups excluding carboxylic acids is 3. The van der Waals surface area contributed by atoms with Crippen molar-refractivity contribution in [3.8, 4) is 11.5 Å². The van der Waals surface area contributed by atoms with Crippen molar-refractivity contribution in [1.29, 1.82) is 0 Å². The molecular formula is C27H26N2O5. The normalized spacial score (nSPS) is 13.0. The number of amides is 2. The van der Waals surface area contributed by atoms with E-state index >= 15 is 0 Å². The Morgan fingerprint density at radius 2 is 1.76 bits per heavy atom. The van der Waals surface area contributed by atoms with Gasteiger partial charge in [-0.2, -0.15) is 0 Å². The number of ether oxygens (including phenoxy) is 2. The van der Waals surface area contributed by atoms with Crippen molar-refractivity contribution in [3.63, 3.8) is 0 Å². The Balaban J connectivity index is 1.63. The number of nitrogens with one attached hydrogen (secondary N) is 1. The molecule has 0 unspecified atom stereocenters. The molecule has 1 aliphatic rings. The summed E-state index contributed by atoms with van der Waals surface area (Å²) in [5.41, 5.74) is 3.30. The standard InChI is InChI=1S/C27H26N2O5/c1-17-7-4-5-8-20(17)26(31)28-22-12-10-18(15-25(22)34-3)27(32)29-14-6-9-24(30)21-16-19(33-2)11-13-23(21)29/h4-5,7-8,10-13,15-16H,6,9,14H2,1-3H3,(H,28,31). The predicted octanol–water partition coefficient (Wildman–Crippen LogP) is 4.89. The Labute approximate surface area is 198 Å². The van der Waals surface area contributed by atoms with Gasteiger partial charge in [0.15, 0.2) is 5.78 Å². The third-order valence-electron chi connectivity index (χ3n) is 5.91. The van der Waals surface area contributed by atoms with E-state index in [2.05, 4.69) is 5.32 Å². The van der Waals surface area contributed by atoms with Crippen LogP contribution in [-0.2, 0) is 0 Å². The maximum Gasteiger partial charge on any atom is 0.258 e. The highest BCUT2D eigenvalue weighted by Crippen LogP contribution is 2.33. The average Bonchev–Trinajstić information content (AvgIpc) is 3.02. The average molecular weight is 459 g/mol. The molecule has 0 radical (unpaired) electrons. The number of ketones is 1. The summed E-state index contributed by atoms with van der Waals surface area (Å²) in [4.78, 5) is 40.5. The van der Waals surface area contributed by atoms with E-state index in [1.807, 2.05) is 19.1 Å². The highest BCUT2D eigenvalue weighted by Gasteiger charge is 2.27. The molecule has 34 heavy (non-hydrogen) atoms. The van der Waals surface area contributed by atoms with E-state index in [0.717, 1.165) is 5.56 Å². The van der Waals surface area contributed by atoms with Crippen LogP contribution < -0.4 is 19.7 Å². The van der Waals surface area contributed by atoms with Gasteiger partial charge in [-0.15, -0.1) is 0 Å². The van der Waals surface area contributed by atoms with Gasteiger partial charge in [0.2, 0.25) is 0 Å². The van der Waals surface area contributed by atoms with Gasteiger partial charge in [-0.25, -0.2) is 0 Å². The number of nitrogens with zero attached hydrogens (tertiary/aromatic N) is 1. The topological polar surface area (TPSA) is 84.9 Å². The zero-order valence-corrected chi connectivity index (χ0v) is 19.4. The van der Waals surface area contributed by atoms with Crippen LogP contribution >= 0.6 is 0 Å². The maximum atomic E-state index is 13.5. The Morgan fingerprint density at radius 1 is 0.971 bits per heavy atom. The molecule has 1 heterocycles. The van der Waals surface area contributed by atoms with Crippen molar-refractivity contribution in [2.45, 2.75) is 19.8 Å². The lowest BCUT2D eigenvalue weighted by molar-refractivity contribution is 0.0973. The van der Waals surface area contributed by atoms with Gasteiger partial charge in [-0.05, 0) is 61.4 Å². The monoisotopic (exact) mass is 458 g/mol. The van der Waals surface area contributed by atoms with Gasteiger partial charge in [-0.3, -0.25) is 14.4 Å². The number of carbonyl (C=O) groups is 3. The van der Waals surface area contributed by atoms with E-state index in [-0.39, 0.29) is 17.6 Å². The van der Waals surface area contributed by atoms with Gasteiger partial charge >= 0.3 is 0 Å². The van der Waals surface area contributed by atoms with Crippen LogP contribution in [0.1, 0.15) is 49.5 Å². The van der Waals surface area contributed by atoms with Crippen molar-refractivity contribution in [2.75, 3.05) is 31.0 Å². The maximum absolute atomic E-state index is 13.5. The molecule has 1 aliphatic heterocycles. The first-order chi connectivity index (χ1) is 16.4. The molecule has 0 bridgehead atoms. The van der Waals surface area contributed by atoms with Gasteiger partial charge in [0.25, 0.3) is 11.8 Å². The third-order valence-corrected chi connectivity index (χ3v) is 5.91. The van der Waals surface area contributed by atoms with E-state index in [0.29, 0.717) is 59.0 Å². The summed E-state index contributed by atoms with van der Waals surface area (Å²) in [5.74, 6) is 0.405. The van der Waals surface area contributed by atoms with E-state index < -0.39 is 0 Å². The Hall–Kier alpha value is -4.13. The molecule has 4 rings (SSSR count). The van der Waals surface area contributed by atoms with Gasteiger partial charge in [-0.1, -0.05) is 18.2 Å². The summed E-state index contributed by atoms with van der Waals surface area (Å²) in [6, 6.07) is 17.4. The highest BCUT2D eigenvalue weighted by atomic mass is 16.5. The summed E-state index contributed by atoms with van der Waals surface area (Å²) in [6.45, 7) is 2.28. The van der Waals surface area contributed by atoms with Crippen LogP contribution in [0.2, 0.25) is 0 Å². The van der Waals surface area contributed by atoms with Gasteiger partial charge in [0, 0.05) is 29.7 Å². The van der Waals surface area contributed by atoms with Crippen molar-refractivity contribution in [2.24, 2.45) is 0 Å². The first-order valence-corrected chi connectivity index (χ1v) is 11.0. The summed E-state index contributed by atoms with van der Waals surface area (Å²) < 4.78 is 10.7. The third kappa shape index (κ3) is 4.50. The molecule has 0 spiro atoms. The molecule has 0 saturated carbocycles. The first-order valence-electron chi connectivity index (χ1n) is 11.0. The van der Waals surface area contributed by atoms with Crippen LogP contribution in [0.15, 0.2) is 60.7 Å². The van der Waals surface area contributed by atoms with Crippen LogP contribution in [0.3, 0.4) is 0 Å². The fraction of sp³-hybridized carbons (Fsp3) is 0.222. The number of hydrogen-bond donors (Lipinski definition) is 1. The fourth-order valence-corrected chi connectivity index (χ4v) is 4.07. The second-order valence-electron chi connectivity index (χ2n) is 8.05. The molecule has 0 atom stereocenters. The van der Waals surface area contributed by atoms with E-state index in [1.165, 1.54) is 14.2 Å². The number of methoxy groups -OCH3 is 2. The number of aryl methyl sites for hydroxylation is 1. The SMILES string of the molecule is COc1ccc2c(c1)C(=O)CCCN2C(=O)c1ccc(NC(=O)c2ccccc2C)c(OC)c1. The van der Waals surface area contributed by atoms with Crippen LogP contribution in [0.25, 0.3) is 0 Å². The lowest BCUT2D eigenvalue weighted by atomic mass is 10.1. The van der Waals surface area contributed by atoms with Crippen molar-refractivity contribution < 1.29 is 23.9 Å². The number of hydrogen-bond acceptors (Lipinski definition) is 5. The highest BCUT2D eigenvalue weighted by molar-refractivity contribution is 6.12. The van der Waals surface area contributed by atoms with E-state index in [4.69, 9.17) is 9.47 Å². The molecular weight excluding hydrogens is 432 g/mol. The van der Waals surface area contributed by atoms with Gasteiger partial charge < -0.3 is 19.7 Å². The lowest BCUT2D eigenvalue weighted by Crippen LogP contribution is -2.31. The molecule has 0 fully saturated rings. The fourth-order valence-electron chi connectivity index (χ4n) is 4.07. The van der Waals surface area contributed by atoms with Crippen LogP contribution in [0.5, 0.6) is 11.5 Å². The van der Waals surface area contributed by atoms with Crippen molar-refractivity contribution >= 4 is 29.0 Å². The predicted molar refractivity (Wildman–Crippen MR) is 130 cm³/mol. The lowest BCUT2D eigenvalue weighted by Gasteiger charge is -2.23. The molecule has 3 aromatic rings. The second kappa shape index (κ2) is 9.79. The molecule has 7 nitrogen and oxygen atoms in total. The molecule has 7 heteroatoms. The molecule has 174 valence electrons. The molecule has 0 saturated heterocycles. The van der Waals surface area contributed by atoms with Crippen molar-refractivity contribution in [3.05, 3.63) is 82.9 Å². The van der Waals surface area contributed by atoms with Gasteiger partial charge in [0.05, 0.1) is 25.6 Å². The second-order valence-corrected chi connectivity index (χ2v) is 8.05. The van der Waals surface area contributed by atoms with Crippen LogP contribution in [-0.4, -0.2) is 38.4 Å². The minimum atomic E-state index is -0.260. The largest absolute Gasteiger partial charge is 0.497 e.